The quantitative estimate of drug-likeness (QED) is 0.388. The lowest BCUT2D eigenvalue weighted by Crippen LogP contribution is -2.15. The van der Waals surface area contributed by atoms with Gasteiger partial charge in [-0.1, -0.05) is 24.3 Å². The summed E-state index contributed by atoms with van der Waals surface area (Å²) in [4.78, 5) is 25.3. The number of nitrogens with one attached hydrogen (secondary N) is 2. The molecule has 3 aromatic rings. The van der Waals surface area contributed by atoms with Crippen LogP contribution in [0.25, 0.3) is 11.3 Å². The first-order valence-corrected chi connectivity index (χ1v) is 9.77. The van der Waals surface area contributed by atoms with Crippen molar-refractivity contribution in [1.29, 1.82) is 0 Å². The number of aliphatic hydroxyl groups is 1. The number of nitrogen functional groups attached to an aromatic ring is 1. The number of benzene rings is 3. The number of anilines is 3. The van der Waals surface area contributed by atoms with Gasteiger partial charge in [0.15, 0.2) is 0 Å². The van der Waals surface area contributed by atoms with Crippen molar-refractivity contribution in [3.8, 4) is 0 Å². The topological polar surface area (TPSA) is 114 Å². The second kappa shape index (κ2) is 7.30. The van der Waals surface area contributed by atoms with Crippen LogP contribution in [0.15, 0.2) is 60.7 Å². The Bertz CT molecular complexity index is 1280. The Balaban J connectivity index is 1.47. The molecule has 2 heterocycles. The molecule has 0 bridgehead atoms. The summed E-state index contributed by atoms with van der Waals surface area (Å²) in [5, 5.41) is 15.2. The number of amides is 2. The van der Waals surface area contributed by atoms with E-state index in [2.05, 4.69) is 10.6 Å². The summed E-state index contributed by atoms with van der Waals surface area (Å²) in [5.41, 5.74) is 11.4. The first kappa shape index (κ1) is 18.9. The summed E-state index contributed by atoms with van der Waals surface area (Å²) in [5.74, 6) is -0.0220. The molecule has 2 aliphatic rings. The second-order valence-electron chi connectivity index (χ2n) is 7.39. The number of nitrogens with two attached hydrogens (primary N) is 1. The fourth-order valence-electron chi connectivity index (χ4n) is 3.93. The molecule has 154 valence electrons. The van der Waals surface area contributed by atoms with E-state index in [-0.39, 0.29) is 18.4 Å². The monoisotopic (exact) mass is 413 g/mol. The van der Waals surface area contributed by atoms with Gasteiger partial charge in [-0.3, -0.25) is 9.59 Å². The fraction of sp³-hybridized carbons (Fsp3) is 0.0833. The van der Waals surface area contributed by atoms with Gasteiger partial charge in [-0.2, -0.15) is 0 Å². The Morgan fingerprint density at radius 1 is 1.10 bits per heavy atom. The van der Waals surface area contributed by atoms with Crippen LogP contribution < -0.4 is 16.4 Å². The summed E-state index contributed by atoms with van der Waals surface area (Å²) in [7, 11) is 0. The second-order valence-corrected chi connectivity index (χ2v) is 7.39. The molecule has 5 rings (SSSR count). The molecule has 0 fully saturated rings. The van der Waals surface area contributed by atoms with E-state index in [0.717, 1.165) is 22.4 Å². The smallest absolute Gasteiger partial charge is 0.260 e. The van der Waals surface area contributed by atoms with Gasteiger partial charge in [-0.15, -0.1) is 0 Å². The van der Waals surface area contributed by atoms with E-state index in [4.69, 9.17) is 10.5 Å². The van der Waals surface area contributed by atoms with Crippen molar-refractivity contribution >= 4 is 40.2 Å². The van der Waals surface area contributed by atoms with E-state index in [9.17, 15) is 14.7 Å². The van der Waals surface area contributed by atoms with Crippen molar-refractivity contribution in [1.82, 2.24) is 0 Å². The van der Waals surface area contributed by atoms with Crippen molar-refractivity contribution in [2.45, 2.75) is 13.2 Å². The number of para-hydroxylation sites is 1. The molecule has 0 aromatic heterocycles. The minimum atomic E-state index is -0.363. The highest BCUT2D eigenvalue weighted by molar-refractivity contribution is 6.36. The van der Waals surface area contributed by atoms with Gasteiger partial charge in [-0.25, -0.2) is 0 Å². The molecule has 0 atom stereocenters. The summed E-state index contributed by atoms with van der Waals surface area (Å²) < 4.78 is 5.89. The average Bonchev–Trinajstić information content (AvgIpc) is 3.32. The number of carbonyl (C=O) groups excluding carboxylic acids is 2. The molecule has 2 amide bonds. The molecule has 7 heteroatoms. The number of hydrogen-bond donors (Lipinski definition) is 4. The molecule has 0 aliphatic carbocycles. The third kappa shape index (κ3) is 3.21. The van der Waals surface area contributed by atoms with E-state index in [1.807, 2.05) is 36.4 Å². The molecule has 7 nitrogen and oxygen atoms in total. The molecule has 3 aromatic carbocycles. The van der Waals surface area contributed by atoms with Crippen LogP contribution in [0.1, 0.15) is 32.6 Å². The van der Waals surface area contributed by atoms with Gasteiger partial charge in [0.05, 0.1) is 12.2 Å². The Morgan fingerprint density at radius 3 is 2.77 bits per heavy atom. The molecule has 0 radical (unpaired) electrons. The van der Waals surface area contributed by atoms with Crippen molar-refractivity contribution in [2.24, 2.45) is 0 Å². The molecule has 31 heavy (non-hydrogen) atoms. The number of ether oxygens (including phenoxy) is 1. The predicted molar refractivity (Wildman–Crippen MR) is 118 cm³/mol. The summed E-state index contributed by atoms with van der Waals surface area (Å²) in [6.45, 7) is 0.0367. The lowest BCUT2D eigenvalue weighted by atomic mass is 10.00. The van der Waals surface area contributed by atoms with Crippen molar-refractivity contribution in [2.75, 3.05) is 16.4 Å². The molecule has 0 unspecified atom stereocenters. The maximum atomic E-state index is 12.7. The Morgan fingerprint density at radius 2 is 1.94 bits per heavy atom. The molecule has 0 saturated carbocycles. The zero-order chi connectivity index (χ0) is 21.5. The van der Waals surface area contributed by atoms with Gasteiger partial charge in [0.2, 0.25) is 0 Å². The van der Waals surface area contributed by atoms with Crippen molar-refractivity contribution in [3.63, 3.8) is 0 Å². The molecule has 0 spiro atoms. The first-order chi connectivity index (χ1) is 15.0. The van der Waals surface area contributed by atoms with E-state index in [1.165, 1.54) is 6.07 Å². The van der Waals surface area contributed by atoms with Crippen LogP contribution in [0.3, 0.4) is 0 Å². The highest BCUT2D eigenvalue weighted by Gasteiger charge is 2.32. The Kier molecular flexibility index (Phi) is 4.45. The van der Waals surface area contributed by atoms with E-state index in [0.29, 0.717) is 40.4 Å². The van der Waals surface area contributed by atoms with Crippen LogP contribution in [0.5, 0.6) is 0 Å². The van der Waals surface area contributed by atoms with Crippen LogP contribution in [0.2, 0.25) is 0 Å². The number of carbonyl (C=O) groups is 2. The summed E-state index contributed by atoms with van der Waals surface area (Å²) >= 11 is 0. The third-order valence-electron chi connectivity index (χ3n) is 5.43. The van der Waals surface area contributed by atoms with Gasteiger partial charge >= 0.3 is 0 Å². The summed E-state index contributed by atoms with van der Waals surface area (Å²) in [6.07, 6.45) is 0. The van der Waals surface area contributed by atoms with Crippen LogP contribution in [-0.4, -0.2) is 16.9 Å². The van der Waals surface area contributed by atoms with Gasteiger partial charge in [0.1, 0.15) is 12.4 Å². The third-order valence-corrected chi connectivity index (χ3v) is 5.43. The van der Waals surface area contributed by atoms with E-state index < -0.39 is 0 Å². The highest BCUT2D eigenvalue weighted by atomic mass is 16.5. The molecule has 2 aliphatic heterocycles. The molecule has 5 N–H and O–H groups in total. The minimum absolute atomic E-state index is 0.195. The van der Waals surface area contributed by atoms with Gasteiger partial charge < -0.3 is 26.2 Å². The molecular formula is C24H19N3O4. The fourth-order valence-corrected chi connectivity index (χ4v) is 3.93. The first-order valence-electron chi connectivity index (χ1n) is 9.77. The average molecular weight is 413 g/mol. The number of rotatable bonds is 3. The zero-order valence-corrected chi connectivity index (χ0v) is 16.4. The van der Waals surface area contributed by atoms with Crippen LogP contribution >= 0.6 is 0 Å². The number of fused-ring (bicyclic) bond motifs is 2. The van der Waals surface area contributed by atoms with Crippen molar-refractivity contribution in [3.05, 3.63) is 88.5 Å². The SMILES string of the molecule is Nc1ccc(CO)c(C(=O)Nc2ccc3c(c2)CO/C3=C2/C(=O)Nc3ccccc32)c1. The predicted octanol–water partition coefficient (Wildman–Crippen LogP) is 3.36. The number of aliphatic hydroxyl groups excluding tert-OH is 1. The van der Waals surface area contributed by atoms with Gasteiger partial charge in [-0.05, 0) is 42.0 Å². The Labute approximate surface area is 178 Å². The minimum Gasteiger partial charge on any atom is -0.487 e. The van der Waals surface area contributed by atoms with E-state index in [1.54, 1.807) is 18.2 Å². The van der Waals surface area contributed by atoms with E-state index >= 15 is 0 Å². The summed E-state index contributed by atoms with van der Waals surface area (Å²) in [6, 6.07) is 17.7. The zero-order valence-electron chi connectivity index (χ0n) is 16.4. The Hall–Kier alpha value is -4.10. The van der Waals surface area contributed by atoms with Crippen LogP contribution in [0, 0.1) is 0 Å². The van der Waals surface area contributed by atoms with Crippen molar-refractivity contribution < 1.29 is 19.4 Å². The maximum absolute atomic E-state index is 12.7. The largest absolute Gasteiger partial charge is 0.487 e. The normalized spacial score (nSPS) is 16.4. The lowest BCUT2D eigenvalue weighted by molar-refractivity contribution is -0.110. The van der Waals surface area contributed by atoms with Gasteiger partial charge in [0.25, 0.3) is 11.8 Å². The number of hydrogen-bond acceptors (Lipinski definition) is 5. The maximum Gasteiger partial charge on any atom is 0.260 e. The standard InChI is InChI=1S/C24H19N3O4/c25-15-6-5-13(11-28)19(10-15)23(29)26-16-7-8-17-14(9-16)12-31-22(17)21-18-3-1-2-4-20(18)27-24(21)30/h1-10,28H,11-12,25H2,(H,26,29)(H,27,30)/b22-21+. The highest BCUT2D eigenvalue weighted by Crippen LogP contribution is 2.42. The van der Waals surface area contributed by atoms with Crippen LogP contribution in [-0.2, 0) is 22.7 Å². The van der Waals surface area contributed by atoms with Gasteiger partial charge in [0, 0.05) is 39.3 Å². The molecular weight excluding hydrogens is 394 g/mol. The van der Waals surface area contributed by atoms with Crippen LogP contribution in [0.4, 0.5) is 17.1 Å². The lowest BCUT2D eigenvalue weighted by Gasteiger charge is -2.10. The molecule has 0 saturated heterocycles.